The van der Waals surface area contributed by atoms with Crippen molar-refractivity contribution in [2.24, 2.45) is 5.92 Å². The number of pyridine rings is 2. The molecule has 8 nitrogen and oxygen atoms in total. The number of carbonyl (C=O) groups excluding carboxylic acids is 2. The Morgan fingerprint density at radius 1 is 1.05 bits per heavy atom. The number of aromatic nitrogens is 2. The van der Waals surface area contributed by atoms with Gasteiger partial charge in [-0.1, -0.05) is 0 Å². The van der Waals surface area contributed by atoms with Gasteiger partial charge in [0.15, 0.2) is 28.9 Å². The fourth-order valence-electron chi connectivity index (χ4n) is 4.51. The number of nitrogens with zero attached hydrogens (tertiary/aromatic N) is 3. The zero-order valence-corrected chi connectivity index (χ0v) is 19.5. The Morgan fingerprint density at radius 2 is 1.69 bits per heavy atom. The second-order valence-electron chi connectivity index (χ2n) is 9.32. The van der Waals surface area contributed by atoms with Crippen LogP contribution in [0, 0.1) is 29.2 Å². The molecular formula is C24H17F7N4O4. The van der Waals surface area contributed by atoms with E-state index in [9.17, 15) is 45.8 Å². The van der Waals surface area contributed by atoms with Gasteiger partial charge in [-0.25, -0.2) is 22.5 Å². The number of amides is 2. The molecule has 0 spiro atoms. The van der Waals surface area contributed by atoms with E-state index >= 15 is 4.39 Å². The van der Waals surface area contributed by atoms with Crippen LogP contribution in [0.4, 0.5) is 36.6 Å². The fourth-order valence-corrected chi connectivity index (χ4v) is 4.51. The number of β-amino-alcohol motifs (C(OH)–C–C–N with tert-alkyl or cyclic N) is 1. The van der Waals surface area contributed by atoms with Crippen molar-refractivity contribution in [2.75, 3.05) is 11.4 Å². The Balaban J connectivity index is 1.74. The summed E-state index contributed by atoms with van der Waals surface area (Å²) >= 11 is 0. The third kappa shape index (κ3) is 4.82. The van der Waals surface area contributed by atoms with Crippen molar-refractivity contribution < 1.29 is 45.4 Å². The van der Waals surface area contributed by atoms with Gasteiger partial charge >= 0.3 is 6.18 Å². The summed E-state index contributed by atoms with van der Waals surface area (Å²) in [5, 5.41) is 10.7. The lowest BCUT2D eigenvalue weighted by molar-refractivity contribution is -0.158. The molecule has 2 fully saturated rings. The zero-order valence-electron chi connectivity index (χ0n) is 19.5. The number of aliphatic hydroxyl groups is 1. The van der Waals surface area contributed by atoms with E-state index in [0.29, 0.717) is 16.8 Å². The highest BCUT2D eigenvalue weighted by atomic mass is 19.4. The highest BCUT2D eigenvalue weighted by Crippen LogP contribution is 2.40. The van der Waals surface area contributed by atoms with E-state index in [1.54, 1.807) is 5.32 Å². The van der Waals surface area contributed by atoms with Gasteiger partial charge in [0, 0.05) is 18.3 Å². The van der Waals surface area contributed by atoms with Crippen LogP contribution in [0.1, 0.15) is 29.6 Å². The summed E-state index contributed by atoms with van der Waals surface area (Å²) < 4.78 is 99.2. The summed E-state index contributed by atoms with van der Waals surface area (Å²) in [6, 6.07) is -1.27. The highest BCUT2D eigenvalue weighted by molar-refractivity contribution is 5.99. The number of rotatable bonds is 5. The Kier molecular flexibility index (Phi) is 6.36. The van der Waals surface area contributed by atoms with Gasteiger partial charge in [-0.05, 0) is 24.8 Å². The number of anilines is 1. The molecule has 1 aliphatic carbocycles. The lowest BCUT2D eigenvalue weighted by Gasteiger charge is -2.22. The molecule has 0 bridgehead atoms. The quantitative estimate of drug-likeness (QED) is 0.469. The molecule has 15 heteroatoms. The largest absolute Gasteiger partial charge is 0.408 e. The van der Waals surface area contributed by atoms with Crippen molar-refractivity contribution in [3.8, 4) is 5.69 Å². The van der Waals surface area contributed by atoms with Crippen molar-refractivity contribution in [3.05, 3.63) is 63.5 Å². The van der Waals surface area contributed by atoms with Crippen LogP contribution in [-0.2, 0) is 4.79 Å². The third-order valence-electron chi connectivity index (χ3n) is 6.47. The monoisotopic (exact) mass is 558 g/mol. The van der Waals surface area contributed by atoms with Crippen LogP contribution >= 0.6 is 0 Å². The van der Waals surface area contributed by atoms with E-state index in [1.165, 1.54) is 0 Å². The number of hydrogen-bond acceptors (Lipinski definition) is 5. The topological polar surface area (TPSA) is 105 Å². The van der Waals surface area contributed by atoms with Crippen LogP contribution in [0.25, 0.3) is 16.7 Å². The fraction of sp³-hybridized carbons (Fsp3) is 0.333. The first-order chi connectivity index (χ1) is 18.3. The van der Waals surface area contributed by atoms with Crippen molar-refractivity contribution >= 4 is 28.7 Å². The number of nitrogens with one attached hydrogen (secondary N) is 1. The third-order valence-corrected chi connectivity index (χ3v) is 6.47. The van der Waals surface area contributed by atoms with Crippen molar-refractivity contribution in [1.82, 2.24) is 14.9 Å². The van der Waals surface area contributed by atoms with Crippen LogP contribution in [0.5, 0.6) is 0 Å². The molecule has 0 radical (unpaired) electrons. The first-order valence-electron chi connectivity index (χ1n) is 11.5. The molecule has 2 atom stereocenters. The van der Waals surface area contributed by atoms with E-state index in [-0.39, 0.29) is 31.4 Å². The van der Waals surface area contributed by atoms with E-state index in [4.69, 9.17) is 0 Å². The second-order valence-corrected chi connectivity index (χ2v) is 9.32. The maximum atomic E-state index is 15.1. The summed E-state index contributed by atoms with van der Waals surface area (Å²) in [5.74, 6) is -9.67. The number of aliphatic hydroxyl groups excluding tert-OH is 1. The first-order valence-corrected chi connectivity index (χ1v) is 11.5. The molecule has 1 saturated carbocycles. The normalized spacial score (nSPS) is 18.6. The highest BCUT2D eigenvalue weighted by Gasteiger charge is 2.50. The number of halogens is 7. The van der Waals surface area contributed by atoms with Crippen molar-refractivity contribution in [2.45, 2.75) is 37.6 Å². The molecule has 1 saturated heterocycles. The summed E-state index contributed by atoms with van der Waals surface area (Å²) in [4.78, 5) is 42.9. The predicted molar refractivity (Wildman–Crippen MR) is 120 cm³/mol. The van der Waals surface area contributed by atoms with Crippen LogP contribution in [0.3, 0.4) is 0 Å². The minimum absolute atomic E-state index is 0.167. The molecule has 206 valence electrons. The lowest BCUT2D eigenvalue weighted by Crippen LogP contribution is -2.48. The average molecular weight is 558 g/mol. The summed E-state index contributed by atoms with van der Waals surface area (Å²) in [6.45, 7) is -0.391. The lowest BCUT2D eigenvalue weighted by atomic mass is 10.1. The van der Waals surface area contributed by atoms with Gasteiger partial charge in [-0.3, -0.25) is 23.9 Å². The molecule has 1 aliphatic heterocycles. The molecule has 2 amide bonds. The minimum atomic E-state index is -4.86. The van der Waals surface area contributed by atoms with Crippen LogP contribution < -0.4 is 15.6 Å². The van der Waals surface area contributed by atoms with Gasteiger partial charge in [0.05, 0.1) is 24.5 Å². The maximum Gasteiger partial charge on any atom is 0.408 e. The maximum absolute atomic E-state index is 15.1. The Morgan fingerprint density at radius 3 is 2.23 bits per heavy atom. The number of fused-ring (bicyclic) bond motifs is 1. The SMILES string of the molecule is O=C(NC(C1CC1)C(F)(F)F)c1cn(-c2c(F)cc(F)cc2F)c2nc(N3C[C@@H](O)CC3=O)c(F)cc2c1=O. The van der Waals surface area contributed by atoms with Crippen molar-refractivity contribution in [1.29, 1.82) is 0 Å². The number of carbonyl (C=O) groups is 2. The summed E-state index contributed by atoms with van der Waals surface area (Å²) in [7, 11) is 0. The van der Waals surface area contributed by atoms with Gasteiger partial charge in [0.2, 0.25) is 11.3 Å². The van der Waals surface area contributed by atoms with E-state index < -0.39 is 99.4 Å². The predicted octanol–water partition coefficient (Wildman–Crippen LogP) is 3.11. The minimum Gasteiger partial charge on any atom is -0.391 e. The smallest absolute Gasteiger partial charge is 0.391 e. The number of benzene rings is 1. The molecule has 3 aromatic rings. The first kappa shape index (κ1) is 26.6. The van der Waals surface area contributed by atoms with Crippen molar-refractivity contribution in [3.63, 3.8) is 0 Å². The molecule has 2 N–H and O–H groups in total. The number of hydrogen-bond donors (Lipinski definition) is 2. The van der Waals surface area contributed by atoms with Gasteiger partial charge in [0.25, 0.3) is 5.91 Å². The molecule has 39 heavy (non-hydrogen) atoms. The van der Waals surface area contributed by atoms with Crippen LogP contribution in [0.2, 0.25) is 0 Å². The second kappa shape index (κ2) is 9.32. The molecule has 1 aromatic carbocycles. The zero-order chi connectivity index (χ0) is 28.4. The van der Waals surface area contributed by atoms with Gasteiger partial charge in [0.1, 0.15) is 23.1 Å². The average Bonchev–Trinajstić information content (AvgIpc) is 3.60. The number of alkyl halides is 3. The molecule has 2 aromatic heterocycles. The summed E-state index contributed by atoms with van der Waals surface area (Å²) in [6.07, 6.45) is -5.58. The van der Waals surface area contributed by atoms with Gasteiger partial charge < -0.3 is 10.4 Å². The Bertz CT molecular complexity index is 1560. The molecule has 1 unspecified atom stereocenters. The van der Waals surface area contributed by atoms with Gasteiger partial charge in [-0.2, -0.15) is 13.2 Å². The molecule has 3 heterocycles. The van der Waals surface area contributed by atoms with Crippen LogP contribution in [0.15, 0.2) is 29.2 Å². The molecule has 2 aliphatic rings. The van der Waals surface area contributed by atoms with Crippen LogP contribution in [-0.4, -0.2) is 51.3 Å². The standard InChI is InChI=1S/C24H17F7N4O4/c25-10-3-14(26)18(15(27)4-10)35-8-13(23(39)32-20(9-1-2-9)24(29,30)31)19(38)12-6-16(28)22(33-21(12)35)34-7-11(36)5-17(34)37/h3-4,6,8-9,11,20,36H,1-2,5,7H2,(H,32,39)/t11-,20?/m0/s1. The van der Waals surface area contributed by atoms with Gasteiger partial charge in [-0.15, -0.1) is 0 Å². The molecule has 5 rings (SSSR count). The molecular weight excluding hydrogens is 541 g/mol. The Labute approximate surface area is 213 Å². The van der Waals surface area contributed by atoms with E-state index in [1.807, 2.05) is 0 Å². The summed E-state index contributed by atoms with van der Waals surface area (Å²) in [5.41, 5.74) is -4.12. The van der Waals surface area contributed by atoms with E-state index in [2.05, 4.69) is 4.98 Å². The Hall–Kier alpha value is -4.01. The van der Waals surface area contributed by atoms with E-state index in [0.717, 1.165) is 4.90 Å².